The minimum absolute atomic E-state index is 0.0306. The van der Waals surface area contributed by atoms with Gasteiger partial charge in [0.15, 0.2) is 15.6 Å². The van der Waals surface area contributed by atoms with Crippen molar-refractivity contribution in [3.8, 4) is 5.75 Å². The lowest BCUT2D eigenvalue weighted by atomic mass is 10.1. The van der Waals surface area contributed by atoms with Crippen LogP contribution in [0.4, 0.5) is 0 Å². The van der Waals surface area contributed by atoms with Crippen LogP contribution in [-0.4, -0.2) is 25.1 Å². The summed E-state index contributed by atoms with van der Waals surface area (Å²) in [5.74, 6) is -1.05. The topological polar surface area (TPSA) is 71.4 Å². The van der Waals surface area contributed by atoms with Crippen LogP contribution in [0.15, 0.2) is 53.4 Å². The SMILES string of the molecule is Cc1cccc(S(=O)(=O)CC(=O)c2ccc(O)cc2)c1. The Morgan fingerprint density at radius 3 is 2.35 bits per heavy atom. The quantitative estimate of drug-likeness (QED) is 0.877. The Balaban J connectivity index is 2.24. The Morgan fingerprint density at radius 2 is 1.75 bits per heavy atom. The molecule has 2 aromatic rings. The van der Waals surface area contributed by atoms with Crippen molar-refractivity contribution >= 4 is 15.6 Å². The van der Waals surface area contributed by atoms with E-state index in [9.17, 15) is 13.2 Å². The molecule has 1 N–H and O–H groups in total. The molecular weight excluding hydrogens is 276 g/mol. The minimum Gasteiger partial charge on any atom is -0.508 e. The first-order valence-electron chi connectivity index (χ1n) is 6.00. The van der Waals surface area contributed by atoms with E-state index in [-0.39, 0.29) is 16.2 Å². The zero-order chi connectivity index (χ0) is 14.8. The first kappa shape index (κ1) is 14.3. The first-order chi connectivity index (χ1) is 9.38. The van der Waals surface area contributed by atoms with Gasteiger partial charge in [-0.25, -0.2) is 8.42 Å². The van der Waals surface area contributed by atoms with Gasteiger partial charge in [-0.2, -0.15) is 0 Å². The highest BCUT2D eigenvalue weighted by Gasteiger charge is 2.20. The lowest BCUT2D eigenvalue weighted by Crippen LogP contribution is -2.16. The number of benzene rings is 2. The van der Waals surface area contributed by atoms with E-state index in [1.807, 2.05) is 0 Å². The summed E-state index contributed by atoms with van der Waals surface area (Å²) in [6.45, 7) is 1.79. The fraction of sp³-hybridized carbons (Fsp3) is 0.133. The molecule has 0 heterocycles. The Morgan fingerprint density at radius 1 is 1.10 bits per heavy atom. The number of phenolic OH excluding ortho intramolecular Hbond substituents is 1. The monoisotopic (exact) mass is 290 g/mol. The van der Waals surface area contributed by atoms with E-state index < -0.39 is 21.4 Å². The van der Waals surface area contributed by atoms with Crippen LogP contribution in [0, 0.1) is 6.92 Å². The van der Waals surface area contributed by atoms with Gasteiger partial charge in [-0.1, -0.05) is 12.1 Å². The number of carbonyl (C=O) groups excluding carboxylic acids is 1. The number of aryl methyl sites for hydroxylation is 1. The second kappa shape index (κ2) is 5.46. The molecule has 0 amide bonds. The van der Waals surface area contributed by atoms with Crippen LogP contribution in [0.5, 0.6) is 5.75 Å². The number of sulfone groups is 1. The molecule has 0 bridgehead atoms. The molecule has 4 nitrogen and oxygen atoms in total. The molecule has 5 heteroatoms. The third kappa shape index (κ3) is 3.24. The van der Waals surface area contributed by atoms with Crippen LogP contribution in [0.2, 0.25) is 0 Å². The Labute approximate surface area is 117 Å². The van der Waals surface area contributed by atoms with Crippen molar-refractivity contribution in [2.24, 2.45) is 0 Å². The first-order valence-corrected chi connectivity index (χ1v) is 7.65. The van der Waals surface area contributed by atoms with Crippen LogP contribution in [-0.2, 0) is 9.84 Å². The largest absolute Gasteiger partial charge is 0.508 e. The summed E-state index contributed by atoms with van der Waals surface area (Å²) in [4.78, 5) is 12.1. The van der Waals surface area contributed by atoms with Crippen molar-refractivity contribution in [2.45, 2.75) is 11.8 Å². The highest BCUT2D eigenvalue weighted by molar-refractivity contribution is 7.92. The zero-order valence-electron chi connectivity index (χ0n) is 10.9. The Hall–Kier alpha value is -2.14. The van der Waals surface area contributed by atoms with Crippen LogP contribution >= 0.6 is 0 Å². The van der Waals surface area contributed by atoms with Crippen molar-refractivity contribution in [3.05, 3.63) is 59.7 Å². The Bertz CT molecular complexity index is 731. The highest BCUT2D eigenvalue weighted by atomic mass is 32.2. The van der Waals surface area contributed by atoms with E-state index in [1.165, 1.54) is 30.3 Å². The molecule has 0 aliphatic rings. The number of phenols is 1. The van der Waals surface area contributed by atoms with Crippen molar-refractivity contribution in [2.75, 3.05) is 5.75 Å². The van der Waals surface area contributed by atoms with Gasteiger partial charge in [0.05, 0.1) is 4.90 Å². The van der Waals surface area contributed by atoms with Gasteiger partial charge in [-0.15, -0.1) is 0 Å². The Kier molecular flexibility index (Phi) is 3.90. The second-order valence-corrected chi connectivity index (χ2v) is 6.54. The molecule has 104 valence electrons. The van der Waals surface area contributed by atoms with E-state index >= 15 is 0 Å². The predicted octanol–water partition coefficient (Wildman–Crippen LogP) is 2.36. The number of ketones is 1. The number of Topliss-reactive ketones (excluding diaryl/α,β-unsaturated/α-hetero) is 1. The number of rotatable bonds is 4. The smallest absolute Gasteiger partial charge is 0.185 e. The van der Waals surface area contributed by atoms with Gasteiger partial charge in [-0.05, 0) is 48.9 Å². The molecule has 20 heavy (non-hydrogen) atoms. The minimum atomic E-state index is -3.65. The van der Waals surface area contributed by atoms with E-state index in [4.69, 9.17) is 5.11 Å². The zero-order valence-corrected chi connectivity index (χ0v) is 11.7. The van der Waals surface area contributed by atoms with Gasteiger partial charge in [0.2, 0.25) is 0 Å². The van der Waals surface area contributed by atoms with Gasteiger partial charge < -0.3 is 5.11 Å². The summed E-state index contributed by atoms with van der Waals surface area (Å²) >= 11 is 0. The number of aromatic hydroxyl groups is 1. The molecule has 0 fully saturated rings. The molecule has 2 aromatic carbocycles. The predicted molar refractivity (Wildman–Crippen MR) is 75.7 cm³/mol. The maximum Gasteiger partial charge on any atom is 0.185 e. The summed E-state index contributed by atoms with van der Waals surface area (Å²) in [5, 5.41) is 9.15. The third-order valence-electron chi connectivity index (χ3n) is 2.86. The maximum absolute atomic E-state index is 12.2. The van der Waals surface area contributed by atoms with Gasteiger partial charge in [0, 0.05) is 5.56 Å². The molecule has 0 saturated carbocycles. The molecule has 2 rings (SSSR count). The van der Waals surface area contributed by atoms with Crippen molar-refractivity contribution < 1.29 is 18.3 Å². The molecule has 0 aliphatic carbocycles. The lowest BCUT2D eigenvalue weighted by molar-refractivity contribution is 0.102. The summed E-state index contributed by atoms with van der Waals surface area (Å²) in [6, 6.07) is 12.0. The second-order valence-electron chi connectivity index (χ2n) is 4.55. The van der Waals surface area contributed by atoms with Crippen molar-refractivity contribution in [3.63, 3.8) is 0 Å². The summed E-state index contributed by atoms with van der Waals surface area (Å²) in [5.41, 5.74) is 1.09. The van der Waals surface area contributed by atoms with E-state index in [0.29, 0.717) is 0 Å². The standard InChI is InChI=1S/C15H14O4S/c1-11-3-2-4-14(9-11)20(18,19)10-15(17)12-5-7-13(16)8-6-12/h2-9,16H,10H2,1H3. The number of carbonyl (C=O) groups is 1. The molecule has 0 saturated heterocycles. The fourth-order valence-corrected chi connectivity index (χ4v) is 3.13. The fourth-order valence-electron chi connectivity index (χ4n) is 1.80. The number of hydrogen-bond donors (Lipinski definition) is 1. The van der Waals surface area contributed by atoms with Crippen LogP contribution < -0.4 is 0 Å². The van der Waals surface area contributed by atoms with Crippen LogP contribution in [0.1, 0.15) is 15.9 Å². The molecule has 0 radical (unpaired) electrons. The molecular formula is C15H14O4S. The van der Waals surface area contributed by atoms with Gasteiger partial charge >= 0.3 is 0 Å². The van der Waals surface area contributed by atoms with E-state index in [0.717, 1.165) is 5.56 Å². The lowest BCUT2D eigenvalue weighted by Gasteiger charge is -2.05. The molecule has 0 aliphatic heterocycles. The molecule has 0 spiro atoms. The van der Waals surface area contributed by atoms with E-state index in [2.05, 4.69) is 0 Å². The van der Waals surface area contributed by atoms with Crippen molar-refractivity contribution in [1.29, 1.82) is 0 Å². The average molecular weight is 290 g/mol. The number of hydrogen-bond acceptors (Lipinski definition) is 4. The van der Waals surface area contributed by atoms with E-state index in [1.54, 1.807) is 25.1 Å². The van der Waals surface area contributed by atoms with Gasteiger partial charge in [0.25, 0.3) is 0 Å². The van der Waals surface area contributed by atoms with Gasteiger partial charge in [-0.3, -0.25) is 4.79 Å². The summed E-state index contributed by atoms with van der Waals surface area (Å²) in [6.07, 6.45) is 0. The molecule has 0 aromatic heterocycles. The van der Waals surface area contributed by atoms with Crippen molar-refractivity contribution in [1.82, 2.24) is 0 Å². The molecule has 0 unspecified atom stereocenters. The maximum atomic E-state index is 12.2. The normalized spacial score (nSPS) is 11.2. The highest BCUT2D eigenvalue weighted by Crippen LogP contribution is 2.16. The van der Waals surface area contributed by atoms with Crippen LogP contribution in [0.3, 0.4) is 0 Å². The molecule has 0 atom stereocenters. The average Bonchev–Trinajstić information content (AvgIpc) is 2.39. The third-order valence-corrected chi connectivity index (χ3v) is 4.47. The van der Waals surface area contributed by atoms with Gasteiger partial charge in [0.1, 0.15) is 11.5 Å². The van der Waals surface area contributed by atoms with Crippen LogP contribution in [0.25, 0.3) is 0 Å². The summed E-state index contributed by atoms with van der Waals surface area (Å²) in [7, 11) is -3.65. The summed E-state index contributed by atoms with van der Waals surface area (Å²) < 4.78 is 24.3.